The third kappa shape index (κ3) is 2.17. The van der Waals surface area contributed by atoms with Crippen molar-refractivity contribution in [2.24, 2.45) is 0 Å². The maximum atomic E-state index is 11.3. The standard InChI is InChI=1S/C17H15N3O2S/c1-11-12-6-9-23-17(12)5-8-19(11)15-2-3-16(20(21)22)14-10-18-7-4-13(14)15/h2-4,6-7,9-11H,5,8H2,1H3/t11-/m1/s1. The van der Waals surface area contributed by atoms with E-state index in [0.717, 1.165) is 24.0 Å². The summed E-state index contributed by atoms with van der Waals surface area (Å²) in [6.07, 6.45) is 4.29. The number of pyridine rings is 1. The Morgan fingerprint density at radius 3 is 3.00 bits per heavy atom. The van der Waals surface area contributed by atoms with Crippen molar-refractivity contribution in [3.05, 3.63) is 62.6 Å². The van der Waals surface area contributed by atoms with Crippen molar-refractivity contribution in [3.63, 3.8) is 0 Å². The second-order valence-corrected chi connectivity index (χ2v) is 6.70. The molecule has 0 saturated carbocycles. The van der Waals surface area contributed by atoms with E-state index in [0.29, 0.717) is 5.39 Å². The van der Waals surface area contributed by atoms with Crippen molar-refractivity contribution < 1.29 is 4.92 Å². The number of nitro groups is 1. The van der Waals surface area contributed by atoms with Crippen LogP contribution in [-0.4, -0.2) is 16.5 Å². The number of benzene rings is 1. The summed E-state index contributed by atoms with van der Waals surface area (Å²) < 4.78 is 0. The normalized spacial score (nSPS) is 17.3. The molecule has 0 N–H and O–H groups in total. The Balaban J connectivity index is 1.87. The first-order valence-corrected chi connectivity index (χ1v) is 8.39. The molecule has 0 spiro atoms. The van der Waals surface area contributed by atoms with E-state index in [1.54, 1.807) is 18.5 Å². The van der Waals surface area contributed by atoms with E-state index in [4.69, 9.17) is 0 Å². The Bertz CT molecular complexity index is 906. The quantitative estimate of drug-likeness (QED) is 0.520. The molecule has 23 heavy (non-hydrogen) atoms. The molecule has 0 aliphatic carbocycles. The van der Waals surface area contributed by atoms with Crippen LogP contribution < -0.4 is 4.90 Å². The minimum absolute atomic E-state index is 0.109. The number of hydrogen-bond acceptors (Lipinski definition) is 5. The van der Waals surface area contributed by atoms with Crippen molar-refractivity contribution in [1.82, 2.24) is 4.98 Å². The van der Waals surface area contributed by atoms with Crippen LogP contribution >= 0.6 is 11.3 Å². The average Bonchev–Trinajstić information content (AvgIpc) is 3.04. The molecule has 3 heterocycles. The number of rotatable bonds is 2. The summed E-state index contributed by atoms with van der Waals surface area (Å²) in [5, 5.41) is 14.9. The third-order valence-corrected chi connectivity index (χ3v) is 5.55. The molecule has 116 valence electrons. The molecule has 1 atom stereocenters. The summed E-state index contributed by atoms with van der Waals surface area (Å²) in [6.45, 7) is 3.11. The second-order valence-electron chi connectivity index (χ2n) is 5.70. The fourth-order valence-electron chi connectivity index (χ4n) is 3.41. The van der Waals surface area contributed by atoms with E-state index in [2.05, 4.69) is 28.3 Å². The first-order chi connectivity index (χ1) is 11.2. The molecule has 5 nitrogen and oxygen atoms in total. The van der Waals surface area contributed by atoms with Crippen molar-refractivity contribution >= 4 is 33.5 Å². The Morgan fingerprint density at radius 2 is 2.17 bits per heavy atom. The number of anilines is 1. The largest absolute Gasteiger partial charge is 0.364 e. The van der Waals surface area contributed by atoms with Gasteiger partial charge >= 0.3 is 0 Å². The molecule has 0 saturated heterocycles. The van der Waals surface area contributed by atoms with Crippen LogP contribution in [0.4, 0.5) is 11.4 Å². The number of nitro benzene ring substituents is 1. The van der Waals surface area contributed by atoms with Gasteiger partial charge in [0, 0.05) is 41.0 Å². The predicted molar refractivity (Wildman–Crippen MR) is 92.2 cm³/mol. The van der Waals surface area contributed by atoms with E-state index < -0.39 is 0 Å². The summed E-state index contributed by atoms with van der Waals surface area (Å²) in [5.41, 5.74) is 2.51. The highest BCUT2D eigenvalue weighted by molar-refractivity contribution is 7.10. The zero-order valence-electron chi connectivity index (χ0n) is 12.6. The molecule has 0 amide bonds. The fraction of sp³-hybridized carbons (Fsp3) is 0.235. The molecule has 0 fully saturated rings. The fourth-order valence-corrected chi connectivity index (χ4v) is 4.37. The Labute approximate surface area is 137 Å². The molecule has 3 aromatic rings. The predicted octanol–water partition coefficient (Wildman–Crippen LogP) is 4.33. The minimum atomic E-state index is -0.343. The van der Waals surface area contributed by atoms with Crippen LogP contribution in [0.2, 0.25) is 0 Å². The summed E-state index contributed by atoms with van der Waals surface area (Å²) in [5.74, 6) is 0. The SMILES string of the molecule is C[C@@H]1c2ccsc2CCN1c1ccc([N+](=O)[O-])c2cnccc12. The molecular weight excluding hydrogens is 310 g/mol. The van der Waals surface area contributed by atoms with Crippen LogP contribution in [0.3, 0.4) is 0 Å². The highest BCUT2D eigenvalue weighted by atomic mass is 32.1. The van der Waals surface area contributed by atoms with Crippen molar-refractivity contribution in [3.8, 4) is 0 Å². The van der Waals surface area contributed by atoms with Gasteiger partial charge in [0.2, 0.25) is 0 Å². The first-order valence-electron chi connectivity index (χ1n) is 7.51. The van der Waals surface area contributed by atoms with E-state index in [1.165, 1.54) is 10.4 Å². The lowest BCUT2D eigenvalue weighted by atomic mass is 9.99. The van der Waals surface area contributed by atoms with Crippen LogP contribution in [0.25, 0.3) is 10.8 Å². The highest BCUT2D eigenvalue weighted by Gasteiger charge is 2.27. The van der Waals surface area contributed by atoms with Gasteiger partial charge in [-0.2, -0.15) is 0 Å². The van der Waals surface area contributed by atoms with Crippen molar-refractivity contribution in [2.45, 2.75) is 19.4 Å². The maximum absolute atomic E-state index is 11.3. The molecular formula is C17H15N3O2S. The van der Waals surface area contributed by atoms with Crippen LogP contribution in [0, 0.1) is 10.1 Å². The molecule has 1 aliphatic heterocycles. The van der Waals surface area contributed by atoms with Gasteiger partial charge in [0.1, 0.15) is 0 Å². The van der Waals surface area contributed by atoms with Crippen LogP contribution in [0.5, 0.6) is 0 Å². The zero-order chi connectivity index (χ0) is 16.0. The molecule has 0 radical (unpaired) electrons. The highest BCUT2D eigenvalue weighted by Crippen LogP contribution is 2.40. The molecule has 1 aromatic carbocycles. The van der Waals surface area contributed by atoms with Crippen molar-refractivity contribution in [2.75, 3.05) is 11.4 Å². The van der Waals surface area contributed by atoms with Gasteiger partial charge in [-0.25, -0.2) is 0 Å². The minimum Gasteiger partial charge on any atom is -0.364 e. The lowest BCUT2D eigenvalue weighted by Crippen LogP contribution is -2.33. The third-order valence-electron chi connectivity index (χ3n) is 4.56. The summed E-state index contributed by atoms with van der Waals surface area (Å²) >= 11 is 1.81. The first kappa shape index (κ1) is 14.1. The number of non-ortho nitro benzene ring substituents is 1. The number of thiophene rings is 1. The van der Waals surface area contributed by atoms with E-state index >= 15 is 0 Å². The smallest absolute Gasteiger partial charge is 0.278 e. The molecule has 6 heteroatoms. The van der Waals surface area contributed by atoms with Crippen molar-refractivity contribution in [1.29, 1.82) is 0 Å². The lowest BCUT2D eigenvalue weighted by molar-refractivity contribution is -0.383. The number of aromatic nitrogens is 1. The summed E-state index contributed by atoms with van der Waals surface area (Å²) in [4.78, 5) is 18.8. The molecule has 2 aromatic heterocycles. The summed E-state index contributed by atoms with van der Waals surface area (Å²) in [7, 11) is 0. The zero-order valence-corrected chi connectivity index (χ0v) is 13.4. The van der Waals surface area contributed by atoms with Gasteiger partial charge in [-0.05, 0) is 42.5 Å². The van der Waals surface area contributed by atoms with Crippen LogP contribution in [-0.2, 0) is 6.42 Å². The van der Waals surface area contributed by atoms with Gasteiger partial charge < -0.3 is 4.90 Å². The van der Waals surface area contributed by atoms with Gasteiger partial charge in [-0.15, -0.1) is 11.3 Å². The lowest BCUT2D eigenvalue weighted by Gasteiger charge is -2.36. The number of nitrogens with zero attached hydrogens (tertiary/aromatic N) is 3. The van der Waals surface area contributed by atoms with Gasteiger partial charge in [0.15, 0.2) is 0 Å². The van der Waals surface area contributed by atoms with Gasteiger partial charge in [0.25, 0.3) is 5.69 Å². The van der Waals surface area contributed by atoms with Gasteiger partial charge in [0.05, 0.1) is 16.4 Å². The number of fused-ring (bicyclic) bond motifs is 2. The second kappa shape index (κ2) is 5.31. The number of hydrogen-bond donors (Lipinski definition) is 0. The topological polar surface area (TPSA) is 59.3 Å². The molecule has 0 unspecified atom stereocenters. The molecule has 1 aliphatic rings. The molecule has 0 bridgehead atoms. The Hall–Kier alpha value is -2.47. The van der Waals surface area contributed by atoms with E-state index in [-0.39, 0.29) is 16.7 Å². The van der Waals surface area contributed by atoms with Gasteiger partial charge in [-0.3, -0.25) is 15.1 Å². The monoisotopic (exact) mass is 325 g/mol. The maximum Gasteiger partial charge on any atom is 0.278 e. The van der Waals surface area contributed by atoms with E-state index in [1.807, 2.05) is 23.5 Å². The Morgan fingerprint density at radius 1 is 1.30 bits per heavy atom. The average molecular weight is 325 g/mol. The summed E-state index contributed by atoms with van der Waals surface area (Å²) in [6, 6.07) is 7.78. The van der Waals surface area contributed by atoms with Crippen LogP contribution in [0.15, 0.2) is 42.0 Å². The van der Waals surface area contributed by atoms with Crippen LogP contribution in [0.1, 0.15) is 23.4 Å². The van der Waals surface area contributed by atoms with E-state index in [9.17, 15) is 10.1 Å². The molecule has 4 rings (SSSR count). The Kier molecular flexibility index (Phi) is 3.27. The van der Waals surface area contributed by atoms with Gasteiger partial charge in [-0.1, -0.05) is 0 Å².